The third kappa shape index (κ3) is 9.08. The van der Waals surface area contributed by atoms with Crippen LogP contribution in [0.4, 0.5) is 13.2 Å². The monoisotopic (exact) mass is 413 g/mol. The van der Waals surface area contributed by atoms with Crippen LogP contribution in [0.25, 0.3) is 0 Å². The predicted octanol–water partition coefficient (Wildman–Crippen LogP) is 3.59. The van der Waals surface area contributed by atoms with Crippen LogP contribution in [0, 0.1) is 0 Å². The van der Waals surface area contributed by atoms with Crippen molar-refractivity contribution in [3.8, 4) is 0 Å². The largest absolute Gasteiger partial charge is 0.416 e. The number of guanidine groups is 1. The van der Waals surface area contributed by atoms with Crippen LogP contribution < -0.4 is 16.0 Å². The van der Waals surface area contributed by atoms with E-state index in [-0.39, 0.29) is 23.7 Å². The van der Waals surface area contributed by atoms with Gasteiger partial charge in [-0.3, -0.25) is 20.4 Å². The predicted molar refractivity (Wildman–Crippen MR) is 110 cm³/mol. The van der Waals surface area contributed by atoms with E-state index in [9.17, 15) is 18.0 Å². The van der Waals surface area contributed by atoms with Gasteiger partial charge in [-0.1, -0.05) is 0 Å². The summed E-state index contributed by atoms with van der Waals surface area (Å²) < 4.78 is 38.1. The standard InChI is InChI=1S/C20H30F3N5O/c1-7-25-13(2)12-16(24-6)26-18(28-19(3,4)5)27-17(29)14-8-10-15(11-9-14)20(21,22)23/h7-11,13,16,24H,12H2,1-6H3,(H2,26,27,28,29). The second-order valence-corrected chi connectivity index (χ2v) is 7.68. The Morgan fingerprint density at radius 1 is 1.17 bits per heavy atom. The van der Waals surface area contributed by atoms with Crippen LogP contribution in [0.3, 0.4) is 0 Å². The molecule has 1 rings (SSSR count). The minimum Gasteiger partial charge on any atom is -0.351 e. The molecule has 0 spiro atoms. The zero-order chi connectivity index (χ0) is 22.2. The molecule has 0 aromatic heterocycles. The van der Waals surface area contributed by atoms with Crippen LogP contribution >= 0.6 is 0 Å². The van der Waals surface area contributed by atoms with Gasteiger partial charge in [-0.2, -0.15) is 13.2 Å². The number of hydrogen-bond acceptors (Lipinski definition) is 4. The number of amides is 1. The lowest BCUT2D eigenvalue weighted by molar-refractivity contribution is -0.137. The van der Waals surface area contributed by atoms with Crippen molar-refractivity contribution >= 4 is 18.1 Å². The Hall–Kier alpha value is -2.42. The maximum absolute atomic E-state index is 12.7. The van der Waals surface area contributed by atoms with E-state index in [1.165, 1.54) is 0 Å². The van der Waals surface area contributed by atoms with Gasteiger partial charge in [-0.25, -0.2) is 4.99 Å². The molecule has 3 N–H and O–H groups in total. The molecule has 6 nitrogen and oxygen atoms in total. The molecule has 0 radical (unpaired) electrons. The molecule has 1 aromatic rings. The molecule has 0 aliphatic carbocycles. The molecule has 162 valence electrons. The van der Waals surface area contributed by atoms with Crippen molar-refractivity contribution in [1.29, 1.82) is 0 Å². The van der Waals surface area contributed by atoms with Gasteiger partial charge in [0.25, 0.3) is 5.91 Å². The second kappa shape index (κ2) is 10.4. The Kier molecular flexibility index (Phi) is 8.81. The summed E-state index contributed by atoms with van der Waals surface area (Å²) in [5.41, 5.74) is -1.10. The first-order valence-electron chi connectivity index (χ1n) is 9.35. The molecule has 1 aromatic carbocycles. The van der Waals surface area contributed by atoms with Gasteiger partial charge in [0.1, 0.15) is 6.17 Å². The molecule has 0 aliphatic rings. The quantitative estimate of drug-likeness (QED) is 0.493. The number of nitrogens with one attached hydrogen (secondary N) is 3. The van der Waals surface area contributed by atoms with E-state index in [0.717, 1.165) is 24.3 Å². The molecule has 9 heteroatoms. The lowest BCUT2D eigenvalue weighted by atomic mass is 10.1. The molecule has 2 unspecified atom stereocenters. The third-order valence-corrected chi connectivity index (χ3v) is 3.79. The first-order chi connectivity index (χ1) is 13.4. The topological polar surface area (TPSA) is 77.9 Å². The van der Waals surface area contributed by atoms with Crippen molar-refractivity contribution in [3.63, 3.8) is 0 Å². The van der Waals surface area contributed by atoms with Crippen LogP contribution in [-0.4, -0.2) is 42.9 Å². The highest BCUT2D eigenvalue weighted by Crippen LogP contribution is 2.29. The van der Waals surface area contributed by atoms with Crippen molar-refractivity contribution in [3.05, 3.63) is 35.4 Å². The highest BCUT2D eigenvalue weighted by Gasteiger charge is 2.30. The van der Waals surface area contributed by atoms with Gasteiger partial charge in [0.15, 0.2) is 5.96 Å². The highest BCUT2D eigenvalue weighted by atomic mass is 19.4. The fourth-order valence-corrected chi connectivity index (χ4v) is 2.47. The van der Waals surface area contributed by atoms with E-state index in [2.05, 4.69) is 25.9 Å². The molecule has 1 amide bonds. The maximum atomic E-state index is 12.7. The van der Waals surface area contributed by atoms with Crippen LogP contribution in [-0.2, 0) is 6.18 Å². The van der Waals surface area contributed by atoms with Crippen molar-refractivity contribution < 1.29 is 18.0 Å². The maximum Gasteiger partial charge on any atom is 0.416 e. The summed E-state index contributed by atoms with van der Waals surface area (Å²) in [6.45, 7) is 9.52. The van der Waals surface area contributed by atoms with E-state index in [4.69, 9.17) is 0 Å². The fraction of sp³-hybridized carbons (Fsp3) is 0.550. The third-order valence-electron chi connectivity index (χ3n) is 3.79. The molecule has 0 saturated carbocycles. The number of aliphatic imine (C=N–C) groups is 2. The van der Waals surface area contributed by atoms with Gasteiger partial charge >= 0.3 is 6.18 Å². The second-order valence-electron chi connectivity index (χ2n) is 7.68. The molecule has 2 atom stereocenters. The lowest BCUT2D eigenvalue weighted by Crippen LogP contribution is -2.50. The number of carbonyl (C=O) groups is 1. The van der Waals surface area contributed by atoms with Gasteiger partial charge in [-0.15, -0.1) is 0 Å². The summed E-state index contributed by atoms with van der Waals surface area (Å²) in [5, 5.41) is 8.85. The number of carbonyl (C=O) groups excluding carboxylic acids is 1. The molecular formula is C20H30F3N5O. The van der Waals surface area contributed by atoms with E-state index >= 15 is 0 Å². The summed E-state index contributed by atoms with van der Waals surface area (Å²) >= 11 is 0. The number of benzene rings is 1. The van der Waals surface area contributed by atoms with Gasteiger partial charge in [0.2, 0.25) is 0 Å². The molecular weight excluding hydrogens is 383 g/mol. The van der Waals surface area contributed by atoms with Crippen LogP contribution in [0.5, 0.6) is 0 Å². The summed E-state index contributed by atoms with van der Waals surface area (Å²) in [6.07, 6.45) is -2.44. The summed E-state index contributed by atoms with van der Waals surface area (Å²) in [7, 11) is 1.75. The molecule has 0 aliphatic heterocycles. The number of halogens is 3. The van der Waals surface area contributed by atoms with Gasteiger partial charge in [0.05, 0.1) is 11.6 Å². The molecule has 29 heavy (non-hydrogen) atoms. The van der Waals surface area contributed by atoms with E-state index < -0.39 is 23.2 Å². The van der Waals surface area contributed by atoms with Crippen molar-refractivity contribution in [2.75, 3.05) is 7.05 Å². The van der Waals surface area contributed by atoms with Crippen molar-refractivity contribution in [2.45, 2.75) is 65.0 Å². The molecule has 0 saturated heterocycles. The first kappa shape index (κ1) is 24.6. The summed E-state index contributed by atoms with van der Waals surface area (Å²) in [5.74, 6) is -0.321. The fourth-order valence-electron chi connectivity index (χ4n) is 2.47. The minimum absolute atomic E-state index is 0.0303. The zero-order valence-corrected chi connectivity index (χ0v) is 17.7. The smallest absolute Gasteiger partial charge is 0.351 e. The van der Waals surface area contributed by atoms with E-state index in [0.29, 0.717) is 6.42 Å². The van der Waals surface area contributed by atoms with Crippen LogP contribution in [0.15, 0.2) is 34.3 Å². The van der Waals surface area contributed by atoms with Crippen LogP contribution in [0.2, 0.25) is 0 Å². The minimum atomic E-state index is -4.45. The zero-order valence-electron chi connectivity index (χ0n) is 17.7. The lowest BCUT2D eigenvalue weighted by Gasteiger charge is -2.25. The van der Waals surface area contributed by atoms with Gasteiger partial charge in [-0.05, 0) is 72.1 Å². The van der Waals surface area contributed by atoms with E-state index in [1.54, 1.807) is 13.3 Å². The molecule has 0 fully saturated rings. The Morgan fingerprint density at radius 2 is 1.76 bits per heavy atom. The normalized spacial score (nSPS) is 15.3. The number of hydrogen-bond donors (Lipinski definition) is 3. The van der Waals surface area contributed by atoms with Gasteiger partial charge < -0.3 is 5.32 Å². The Labute approximate surface area is 170 Å². The van der Waals surface area contributed by atoms with Crippen LogP contribution in [0.1, 0.15) is 57.0 Å². The summed E-state index contributed by atoms with van der Waals surface area (Å²) in [4.78, 5) is 21.4. The molecule has 0 heterocycles. The van der Waals surface area contributed by atoms with Gasteiger partial charge in [0, 0.05) is 17.5 Å². The Morgan fingerprint density at radius 3 is 2.21 bits per heavy atom. The number of nitrogens with zero attached hydrogens (tertiary/aromatic N) is 2. The number of alkyl halides is 3. The average Bonchev–Trinajstić information content (AvgIpc) is 2.59. The Balaban J connectivity index is 3.03. The SMILES string of the molecule is CC=NC(C)CC(N=C(NC(=O)c1ccc(C(F)(F)F)cc1)NC(C)(C)C)NC. The highest BCUT2D eigenvalue weighted by molar-refractivity contribution is 6.05. The average molecular weight is 413 g/mol. The first-order valence-corrected chi connectivity index (χ1v) is 9.35. The summed E-state index contributed by atoms with van der Waals surface area (Å²) in [6, 6.07) is 4.07. The number of rotatable bonds is 6. The molecule has 0 bridgehead atoms. The van der Waals surface area contributed by atoms with E-state index in [1.807, 2.05) is 34.6 Å². The van der Waals surface area contributed by atoms with Crippen molar-refractivity contribution in [1.82, 2.24) is 16.0 Å². The van der Waals surface area contributed by atoms with Crippen molar-refractivity contribution in [2.24, 2.45) is 9.98 Å². The Bertz CT molecular complexity index is 721.